The maximum atomic E-state index is 4.08. The van der Waals surface area contributed by atoms with E-state index >= 15 is 0 Å². The van der Waals surface area contributed by atoms with E-state index in [0.29, 0.717) is 0 Å². The number of likely N-dealkylation sites (N-methyl/N-ethyl adjacent to an activating group) is 1. The third-order valence-electron chi connectivity index (χ3n) is 2.84. The Hall–Kier alpha value is -0.340. The number of hydrogen-bond acceptors (Lipinski definition) is 2. The fourth-order valence-corrected chi connectivity index (χ4v) is 2.00. The molecular weight excluding hydrogens is 160 g/mol. The Balaban J connectivity index is 2.18. The summed E-state index contributed by atoms with van der Waals surface area (Å²) in [5.74, 6) is 0.886. The van der Waals surface area contributed by atoms with E-state index in [-0.39, 0.29) is 0 Å². The molecule has 1 heterocycles. The van der Waals surface area contributed by atoms with Gasteiger partial charge in [0.05, 0.1) is 0 Å². The molecule has 2 heteroatoms. The number of hydrogen-bond donors (Lipinski definition) is 1. The van der Waals surface area contributed by atoms with Crippen molar-refractivity contribution in [2.24, 2.45) is 5.92 Å². The molecule has 0 saturated carbocycles. The van der Waals surface area contributed by atoms with Crippen LogP contribution in [0.4, 0.5) is 0 Å². The topological polar surface area (TPSA) is 15.3 Å². The summed E-state index contributed by atoms with van der Waals surface area (Å²) in [5.41, 5.74) is 1.36. The molecule has 13 heavy (non-hydrogen) atoms. The minimum atomic E-state index is 0.886. The Kier molecular flexibility index (Phi) is 4.46. The smallest absolute Gasteiger partial charge is 0.0159 e. The summed E-state index contributed by atoms with van der Waals surface area (Å²) < 4.78 is 0. The van der Waals surface area contributed by atoms with Gasteiger partial charge in [0.25, 0.3) is 0 Å². The van der Waals surface area contributed by atoms with E-state index in [2.05, 4.69) is 23.8 Å². The Morgan fingerprint density at radius 1 is 1.46 bits per heavy atom. The molecule has 1 aliphatic heterocycles. The maximum Gasteiger partial charge on any atom is 0.0159 e. The molecule has 2 nitrogen and oxygen atoms in total. The van der Waals surface area contributed by atoms with Gasteiger partial charge in [-0.05, 0) is 52.4 Å². The molecule has 0 aliphatic carbocycles. The Bertz CT molecular complexity index is 157. The number of nitrogens with zero attached hydrogens (tertiary/aromatic N) is 1. The van der Waals surface area contributed by atoms with Gasteiger partial charge in [-0.2, -0.15) is 0 Å². The summed E-state index contributed by atoms with van der Waals surface area (Å²) in [4.78, 5) is 2.41. The molecule has 1 saturated heterocycles. The lowest BCUT2D eigenvalue weighted by molar-refractivity contribution is 0.218. The minimum absolute atomic E-state index is 0.886. The van der Waals surface area contributed by atoms with Crippen molar-refractivity contribution >= 4 is 0 Å². The van der Waals surface area contributed by atoms with Crippen LogP contribution in [0.2, 0.25) is 0 Å². The molecule has 1 aliphatic rings. The van der Waals surface area contributed by atoms with Gasteiger partial charge in [-0.25, -0.2) is 0 Å². The zero-order valence-corrected chi connectivity index (χ0v) is 8.97. The van der Waals surface area contributed by atoms with Crippen LogP contribution in [0.1, 0.15) is 19.3 Å². The molecule has 0 bridgehead atoms. The molecule has 1 N–H and O–H groups in total. The SMILES string of the molecule is C=C(CNC)CC1CCN(C)CC1. The maximum absolute atomic E-state index is 4.08. The lowest BCUT2D eigenvalue weighted by Gasteiger charge is -2.29. The highest BCUT2D eigenvalue weighted by Gasteiger charge is 2.16. The van der Waals surface area contributed by atoms with Crippen LogP contribution in [-0.4, -0.2) is 38.6 Å². The highest BCUT2D eigenvalue weighted by atomic mass is 15.1. The zero-order chi connectivity index (χ0) is 9.68. The van der Waals surface area contributed by atoms with Crippen molar-refractivity contribution in [3.8, 4) is 0 Å². The standard InChI is InChI=1S/C11H22N2/c1-10(9-12-2)8-11-4-6-13(3)7-5-11/h11-12H,1,4-9H2,2-3H3. The van der Waals surface area contributed by atoms with Crippen molar-refractivity contribution in [3.63, 3.8) is 0 Å². The molecule has 1 rings (SSSR count). The monoisotopic (exact) mass is 182 g/mol. The van der Waals surface area contributed by atoms with Gasteiger partial charge in [0.1, 0.15) is 0 Å². The van der Waals surface area contributed by atoms with E-state index in [1.807, 2.05) is 7.05 Å². The lowest BCUT2D eigenvalue weighted by Crippen LogP contribution is -2.30. The van der Waals surface area contributed by atoms with Crippen LogP contribution in [0.15, 0.2) is 12.2 Å². The molecule has 0 radical (unpaired) electrons. The fraction of sp³-hybridized carbons (Fsp3) is 0.818. The van der Waals surface area contributed by atoms with Crippen LogP contribution in [-0.2, 0) is 0 Å². The van der Waals surface area contributed by atoms with Gasteiger partial charge in [-0.1, -0.05) is 12.2 Å². The van der Waals surface area contributed by atoms with Gasteiger partial charge >= 0.3 is 0 Å². The summed E-state index contributed by atoms with van der Waals surface area (Å²) in [6.07, 6.45) is 3.91. The molecule has 76 valence electrons. The van der Waals surface area contributed by atoms with Crippen molar-refractivity contribution in [1.82, 2.24) is 10.2 Å². The predicted octanol–water partition coefficient (Wildman–Crippen LogP) is 1.49. The Labute approximate surface area is 82.0 Å². The van der Waals surface area contributed by atoms with Gasteiger partial charge in [0.2, 0.25) is 0 Å². The quantitative estimate of drug-likeness (QED) is 0.663. The second-order valence-corrected chi connectivity index (χ2v) is 4.23. The first-order valence-corrected chi connectivity index (χ1v) is 5.22. The molecule has 0 spiro atoms. The highest BCUT2D eigenvalue weighted by Crippen LogP contribution is 2.22. The third-order valence-corrected chi connectivity index (χ3v) is 2.84. The van der Waals surface area contributed by atoms with Crippen LogP contribution in [0.25, 0.3) is 0 Å². The second-order valence-electron chi connectivity index (χ2n) is 4.23. The van der Waals surface area contributed by atoms with E-state index < -0.39 is 0 Å². The van der Waals surface area contributed by atoms with Crippen molar-refractivity contribution in [3.05, 3.63) is 12.2 Å². The van der Waals surface area contributed by atoms with Gasteiger partial charge in [0.15, 0.2) is 0 Å². The first-order valence-electron chi connectivity index (χ1n) is 5.22. The largest absolute Gasteiger partial charge is 0.316 e. The van der Waals surface area contributed by atoms with Gasteiger partial charge < -0.3 is 10.2 Å². The molecule has 0 aromatic rings. The summed E-state index contributed by atoms with van der Waals surface area (Å²) in [5, 5.41) is 3.16. The predicted molar refractivity (Wildman–Crippen MR) is 57.9 cm³/mol. The average Bonchev–Trinajstić information content (AvgIpc) is 2.09. The van der Waals surface area contributed by atoms with Crippen molar-refractivity contribution in [2.45, 2.75) is 19.3 Å². The van der Waals surface area contributed by atoms with Crippen LogP contribution < -0.4 is 5.32 Å². The lowest BCUT2D eigenvalue weighted by atomic mass is 9.91. The van der Waals surface area contributed by atoms with Gasteiger partial charge in [-0.15, -0.1) is 0 Å². The Morgan fingerprint density at radius 3 is 2.62 bits per heavy atom. The van der Waals surface area contributed by atoms with E-state index in [0.717, 1.165) is 12.5 Å². The second kappa shape index (κ2) is 5.40. The molecular formula is C11H22N2. The molecule has 0 unspecified atom stereocenters. The molecule has 0 amide bonds. The van der Waals surface area contributed by atoms with E-state index in [9.17, 15) is 0 Å². The van der Waals surface area contributed by atoms with Crippen molar-refractivity contribution < 1.29 is 0 Å². The summed E-state index contributed by atoms with van der Waals surface area (Å²) in [6.45, 7) is 7.58. The normalized spacial score (nSPS) is 20.5. The summed E-state index contributed by atoms with van der Waals surface area (Å²) >= 11 is 0. The fourth-order valence-electron chi connectivity index (χ4n) is 2.00. The number of nitrogens with one attached hydrogen (secondary N) is 1. The van der Waals surface area contributed by atoms with Crippen LogP contribution in [0, 0.1) is 5.92 Å². The van der Waals surface area contributed by atoms with Crippen LogP contribution in [0.3, 0.4) is 0 Å². The molecule has 0 aromatic heterocycles. The van der Waals surface area contributed by atoms with Crippen molar-refractivity contribution in [1.29, 1.82) is 0 Å². The zero-order valence-electron chi connectivity index (χ0n) is 8.97. The van der Waals surface area contributed by atoms with E-state index in [1.165, 1.54) is 37.9 Å². The molecule has 1 fully saturated rings. The van der Waals surface area contributed by atoms with Gasteiger partial charge in [-0.3, -0.25) is 0 Å². The van der Waals surface area contributed by atoms with Crippen molar-refractivity contribution in [2.75, 3.05) is 33.7 Å². The third kappa shape index (κ3) is 3.92. The number of likely N-dealkylation sites (tertiary alicyclic amines) is 1. The molecule has 0 aromatic carbocycles. The van der Waals surface area contributed by atoms with Crippen LogP contribution >= 0.6 is 0 Å². The number of rotatable bonds is 4. The van der Waals surface area contributed by atoms with E-state index in [4.69, 9.17) is 0 Å². The number of piperidine rings is 1. The summed E-state index contributed by atoms with van der Waals surface area (Å²) in [6, 6.07) is 0. The first-order chi connectivity index (χ1) is 6.22. The minimum Gasteiger partial charge on any atom is -0.316 e. The van der Waals surface area contributed by atoms with Gasteiger partial charge in [0, 0.05) is 6.54 Å². The summed E-state index contributed by atoms with van der Waals surface area (Å²) in [7, 11) is 4.19. The average molecular weight is 182 g/mol. The first kappa shape index (κ1) is 10.7. The molecule has 0 atom stereocenters. The van der Waals surface area contributed by atoms with Crippen LogP contribution in [0.5, 0.6) is 0 Å². The Morgan fingerprint density at radius 2 is 2.08 bits per heavy atom. The highest BCUT2D eigenvalue weighted by molar-refractivity contribution is 4.98. The van der Waals surface area contributed by atoms with E-state index in [1.54, 1.807) is 0 Å².